The molecular formula is C18H16N2O3. The summed E-state index contributed by atoms with van der Waals surface area (Å²) >= 11 is 0. The lowest BCUT2D eigenvalue weighted by Gasteiger charge is -2.15. The van der Waals surface area contributed by atoms with Crippen molar-refractivity contribution in [2.75, 3.05) is 11.9 Å². The van der Waals surface area contributed by atoms with Crippen molar-refractivity contribution >= 4 is 23.4 Å². The highest BCUT2D eigenvalue weighted by Gasteiger charge is 2.36. The van der Waals surface area contributed by atoms with E-state index in [2.05, 4.69) is 5.32 Å². The van der Waals surface area contributed by atoms with E-state index in [1.807, 2.05) is 25.1 Å². The molecule has 0 unspecified atom stereocenters. The molecule has 0 radical (unpaired) electrons. The lowest BCUT2D eigenvalue weighted by Crippen LogP contribution is -2.37. The van der Waals surface area contributed by atoms with Crippen LogP contribution in [0.25, 0.3) is 0 Å². The zero-order chi connectivity index (χ0) is 16.4. The van der Waals surface area contributed by atoms with Crippen LogP contribution < -0.4 is 5.32 Å². The van der Waals surface area contributed by atoms with Gasteiger partial charge in [-0.2, -0.15) is 0 Å². The number of fused-ring (bicyclic) bond motifs is 1. The van der Waals surface area contributed by atoms with E-state index in [0.29, 0.717) is 16.8 Å². The Balaban J connectivity index is 1.74. The number of carbonyl (C=O) groups is 3. The summed E-state index contributed by atoms with van der Waals surface area (Å²) in [4.78, 5) is 37.7. The SMILES string of the molecule is CCc1ccccc1NC(=O)CN1C(=O)c2ccccc2C1=O. The van der Waals surface area contributed by atoms with Gasteiger partial charge < -0.3 is 5.32 Å². The van der Waals surface area contributed by atoms with E-state index in [0.717, 1.165) is 16.9 Å². The maximum absolute atomic E-state index is 12.2. The van der Waals surface area contributed by atoms with Crippen LogP contribution in [0.2, 0.25) is 0 Å². The molecule has 23 heavy (non-hydrogen) atoms. The molecule has 0 bridgehead atoms. The highest BCUT2D eigenvalue weighted by molar-refractivity contribution is 6.22. The minimum atomic E-state index is -0.426. The molecule has 0 saturated heterocycles. The fourth-order valence-electron chi connectivity index (χ4n) is 2.67. The first-order valence-electron chi connectivity index (χ1n) is 7.44. The van der Waals surface area contributed by atoms with Crippen molar-refractivity contribution in [1.82, 2.24) is 4.90 Å². The quantitative estimate of drug-likeness (QED) is 0.882. The monoisotopic (exact) mass is 308 g/mol. The van der Waals surface area contributed by atoms with E-state index in [4.69, 9.17) is 0 Å². The molecule has 1 aliphatic rings. The number of hydrogen-bond donors (Lipinski definition) is 1. The van der Waals surface area contributed by atoms with Crippen LogP contribution in [0.3, 0.4) is 0 Å². The lowest BCUT2D eigenvalue weighted by atomic mass is 10.1. The van der Waals surface area contributed by atoms with Crippen LogP contribution in [0.5, 0.6) is 0 Å². The number of imide groups is 1. The summed E-state index contributed by atoms with van der Waals surface area (Å²) in [5.41, 5.74) is 2.40. The Kier molecular flexibility index (Phi) is 3.93. The lowest BCUT2D eigenvalue weighted by molar-refractivity contribution is -0.116. The number of nitrogens with zero attached hydrogens (tertiary/aromatic N) is 1. The Morgan fingerprint density at radius 3 is 2.13 bits per heavy atom. The fraction of sp³-hybridized carbons (Fsp3) is 0.167. The molecule has 3 amide bonds. The molecule has 0 aliphatic carbocycles. The standard InChI is InChI=1S/C18H16N2O3/c1-2-12-7-3-6-10-15(12)19-16(21)11-20-17(22)13-8-4-5-9-14(13)18(20)23/h3-10H,2,11H2,1H3,(H,19,21). The Bertz CT molecular complexity index is 763. The second-order valence-electron chi connectivity index (χ2n) is 5.30. The van der Waals surface area contributed by atoms with Crippen molar-refractivity contribution in [2.24, 2.45) is 0 Å². The molecule has 0 aromatic heterocycles. The van der Waals surface area contributed by atoms with Gasteiger partial charge in [0, 0.05) is 5.69 Å². The molecule has 116 valence electrons. The number of rotatable bonds is 4. The summed E-state index contributed by atoms with van der Waals surface area (Å²) in [7, 11) is 0. The molecular weight excluding hydrogens is 292 g/mol. The van der Waals surface area contributed by atoms with Gasteiger partial charge in [0.1, 0.15) is 6.54 Å². The van der Waals surface area contributed by atoms with Crippen LogP contribution in [0.15, 0.2) is 48.5 Å². The molecule has 5 heteroatoms. The zero-order valence-corrected chi connectivity index (χ0v) is 12.7. The molecule has 5 nitrogen and oxygen atoms in total. The Morgan fingerprint density at radius 2 is 1.52 bits per heavy atom. The maximum Gasteiger partial charge on any atom is 0.262 e. The molecule has 2 aromatic carbocycles. The highest BCUT2D eigenvalue weighted by atomic mass is 16.2. The Labute approximate surface area is 133 Å². The molecule has 0 atom stereocenters. The van der Waals surface area contributed by atoms with Crippen molar-refractivity contribution in [3.8, 4) is 0 Å². The van der Waals surface area contributed by atoms with Crippen LogP contribution in [-0.4, -0.2) is 29.2 Å². The zero-order valence-electron chi connectivity index (χ0n) is 12.7. The first-order chi connectivity index (χ1) is 11.1. The first kappa shape index (κ1) is 15.0. The molecule has 0 saturated carbocycles. The first-order valence-corrected chi connectivity index (χ1v) is 7.44. The second kappa shape index (κ2) is 6.04. The van der Waals surface area contributed by atoms with Gasteiger partial charge in [0.15, 0.2) is 0 Å². The van der Waals surface area contributed by atoms with Gasteiger partial charge in [0.25, 0.3) is 11.8 Å². The van der Waals surface area contributed by atoms with Crippen LogP contribution in [0.4, 0.5) is 5.69 Å². The molecule has 1 N–H and O–H groups in total. The molecule has 1 aliphatic heterocycles. The van der Waals surface area contributed by atoms with Crippen molar-refractivity contribution < 1.29 is 14.4 Å². The van der Waals surface area contributed by atoms with Gasteiger partial charge in [-0.05, 0) is 30.2 Å². The molecule has 2 aromatic rings. The van der Waals surface area contributed by atoms with Gasteiger partial charge >= 0.3 is 0 Å². The van der Waals surface area contributed by atoms with E-state index >= 15 is 0 Å². The van der Waals surface area contributed by atoms with E-state index in [-0.39, 0.29) is 12.5 Å². The Morgan fingerprint density at radius 1 is 0.957 bits per heavy atom. The average molecular weight is 308 g/mol. The van der Waals surface area contributed by atoms with Crippen molar-refractivity contribution in [3.63, 3.8) is 0 Å². The smallest absolute Gasteiger partial charge is 0.262 e. The number of aryl methyl sites for hydroxylation is 1. The van der Waals surface area contributed by atoms with Crippen molar-refractivity contribution in [1.29, 1.82) is 0 Å². The largest absolute Gasteiger partial charge is 0.324 e. The summed E-state index contributed by atoms with van der Waals surface area (Å²) in [6.45, 7) is 1.71. The van der Waals surface area contributed by atoms with Crippen LogP contribution in [0.1, 0.15) is 33.2 Å². The van der Waals surface area contributed by atoms with E-state index in [9.17, 15) is 14.4 Å². The Hall–Kier alpha value is -2.95. The molecule has 1 heterocycles. The number of hydrogen-bond acceptors (Lipinski definition) is 3. The fourth-order valence-corrected chi connectivity index (χ4v) is 2.67. The third-order valence-electron chi connectivity index (χ3n) is 3.85. The van der Waals surface area contributed by atoms with E-state index in [1.165, 1.54) is 0 Å². The highest BCUT2D eigenvalue weighted by Crippen LogP contribution is 2.22. The summed E-state index contributed by atoms with van der Waals surface area (Å²) < 4.78 is 0. The normalized spacial score (nSPS) is 13.2. The van der Waals surface area contributed by atoms with Crippen LogP contribution in [0, 0.1) is 0 Å². The number of carbonyl (C=O) groups excluding carboxylic acids is 3. The van der Waals surface area contributed by atoms with E-state index in [1.54, 1.807) is 30.3 Å². The number of amides is 3. The van der Waals surface area contributed by atoms with Gasteiger partial charge in [0.2, 0.25) is 5.91 Å². The van der Waals surface area contributed by atoms with Crippen LogP contribution in [-0.2, 0) is 11.2 Å². The summed E-state index contributed by atoms with van der Waals surface area (Å²) in [6.07, 6.45) is 0.781. The minimum absolute atomic E-state index is 0.287. The topological polar surface area (TPSA) is 66.5 Å². The predicted octanol–water partition coefficient (Wildman–Crippen LogP) is 2.48. The van der Waals surface area contributed by atoms with Crippen LogP contribution >= 0.6 is 0 Å². The molecule has 0 fully saturated rings. The minimum Gasteiger partial charge on any atom is -0.324 e. The third-order valence-corrected chi connectivity index (χ3v) is 3.85. The molecule has 3 rings (SSSR count). The van der Waals surface area contributed by atoms with Gasteiger partial charge in [-0.3, -0.25) is 19.3 Å². The van der Waals surface area contributed by atoms with Gasteiger partial charge in [-0.1, -0.05) is 37.3 Å². The van der Waals surface area contributed by atoms with Crippen molar-refractivity contribution in [3.05, 3.63) is 65.2 Å². The number of nitrogens with one attached hydrogen (secondary N) is 1. The van der Waals surface area contributed by atoms with E-state index < -0.39 is 11.8 Å². The summed E-state index contributed by atoms with van der Waals surface area (Å²) in [5.74, 6) is -1.24. The maximum atomic E-state index is 12.2. The third kappa shape index (κ3) is 2.73. The van der Waals surface area contributed by atoms with Crippen molar-refractivity contribution in [2.45, 2.75) is 13.3 Å². The van der Waals surface area contributed by atoms with Gasteiger partial charge in [0.05, 0.1) is 11.1 Å². The average Bonchev–Trinajstić information content (AvgIpc) is 2.81. The summed E-state index contributed by atoms with van der Waals surface area (Å²) in [6, 6.07) is 14.1. The number of anilines is 1. The molecule has 0 spiro atoms. The number of para-hydroxylation sites is 1. The van der Waals surface area contributed by atoms with Gasteiger partial charge in [-0.15, -0.1) is 0 Å². The second-order valence-corrected chi connectivity index (χ2v) is 5.30. The van der Waals surface area contributed by atoms with Gasteiger partial charge in [-0.25, -0.2) is 0 Å². The predicted molar refractivity (Wildman–Crippen MR) is 86.3 cm³/mol. The number of benzene rings is 2. The summed E-state index contributed by atoms with van der Waals surface area (Å²) in [5, 5.41) is 2.77.